The zero-order valence-corrected chi connectivity index (χ0v) is 12.4. The molecule has 0 aliphatic heterocycles. The molecule has 0 spiro atoms. The van der Waals surface area contributed by atoms with Crippen LogP contribution in [0.25, 0.3) is 0 Å². The lowest BCUT2D eigenvalue weighted by Gasteiger charge is -2.18. The molecular formula is C11H16N2O7S. The quantitative estimate of drug-likeness (QED) is 0.416. The Labute approximate surface area is 121 Å². The molecule has 0 heterocycles. The van der Waals surface area contributed by atoms with Gasteiger partial charge in [-0.15, -0.1) is 0 Å². The van der Waals surface area contributed by atoms with Crippen LogP contribution in [0.3, 0.4) is 0 Å². The molecule has 0 fully saturated rings. The Kier molecular flexibility index (Phi) is 5.35. The van der Waals surface area contributed by atoms with Crippen molar-refractivity contribution in [1.29, 1.82) is 0 Å². The molecule has 0 aromatic heterocycles. The standard InChI is InChI=1S/C11H16N2O7S/c1-6(18-2)20-10-8(12)4-7(13-11(14)19-3)5-9(10)21(15,16)17/h4-6H,12H2,1-3H3,(H,13,14)(H,15,16,17). The lowest BCUT2D eigenvalue weighted by atomic mass is 10.2. The second kappa shape index (κ2) is 6.61. The van der Waals surface area contributed by atoms with E-state index in [1.807, 2.05) is 0 Å². The second-order valence-electron chi connectivity index (χ2n) is 3.91. The minimum absolute atomic E-state index is 0.0180. The summed E-state index contributed by atoms with van der Waals surface area (Å²) in [6, 6.07) is 2.24. The third-order valence-corrected chi connectivity index (χ3v) is 3.27. The number of amides is 1. The van der Waals surface area contributed by atoms with Crippen LogP contribution in [-0.2, 0) is 19.6 Å². The van der Waals surface area contributed by atoms with Crippen LogP contribution >= 0.6 is 0 Å². The van der Waals surface area contributed by atoms with Crippen molar-refractivity contribution in [3.63, 3.8) is 0 Å². The van der Waals surface area contributed by atoms with Crippen molar-refractivity contribution < 1.29 is 32.0 Å². The summed E-state index contributed by atoms with van der Waals surface area (Å²) in [5.74, 6) is -0.276. The van der Waals surface area contributed by atoms with Gasteiger partial charge in [0.15, 0.2) is 12.0 Å². The Hall–Kier alpha value is -2.04. The van der Waals surface area contributed by atoms with Crippen molar-refractivity contribution in [3.05, 3.63) is 12.1 Å². The number of anilines is 2. The Bertz CT molecular complexity index is 630. The van der Waals surface area contributed by atoms with Gasteiger partial charge in [0.25, 0.3) is 10.1 Å². The van der Waals surface area contributed by atoms with Gasteiger partial charge in [0.05, 0.1) is 12.8 Å². The number of carbonyl (C=O) groups excluding carboxylic acids is 1. The van der Waals surface area contributed by atoms with Gasteiger partial charge in [0.1, 0.15) is 4.90 Å². The van der Waals surface area contributed by atoms with Gasteiger partial charge in [-0.1, -0.05) is 0 Å². The van der Waals surface area contributed by atoms with Crippen LogP contribution < -0.4 is 15.8 Å². The first-order chi connectivity index (χ1) is 9.68. The molecular weight excluding hydrogens is 304 g/mol. The molecule has 21 heavy (non-hydrogen) atoms. The van der Waals surface area contributed by atoms with Crippen LogP contribution in [0, 0.1) is 0 Å². The number of ether oxygens (including phenoxy) is 3. The number of hydrogen-bond acceptors (Lipinski definition) is 7. The van der Waals surface area contributed by atoms with Crippen molar-refractivity contribution in [2.24, 2.45) is 0 Å². The summed E-state index contributed by atoms with van der Waals surface area (Å²) in [6.45, 7) is 1.51. The van der Waals surface area contributed by atoms with Gasteiger partial charge in [-0.2, -0.15) is 8.42 Å². The predicted octanol–water partition coefficient (Wildman–Crippen LogP) is 1.06. The SMILES string of the molecule is COC(=O)Nc1cc(N)c(OC(C)OC)c(S(=O)(=O)O)c1. The number of rotatable bonds is 5. The fraction of sp³-hybridized carbons (Fsp3) is 0.364. The van der Waals surface area contributed by atoms with Crippen LogP contribution in [0.1, 0.15) is 6.92 Å². The van der Waals surface area contributed by atoms with Gasteiger partial charge < -0.3 is 19.9 Å². The molecule has 1 unspecified atom stereocenters. The molecule has 0 radical (unpaired) electrons. The highest BCUT2D eigenvalue weighted by molar-refractivity contribution is 7.86. The van der Waals surface area contributed by atoms with E-state index in [-0.39, 0.29) is 17.1 Å². The molecule has 1 rings (SSSR count). The zero-order chi connectivity index (χ0) is 16.2. The first-order valence-electron chi connectivity index (χ1n) is 5.64. The second-order valence-corrected chi connectivity index (χ2v) is 5.30. The Morgan fingerprint density at radius 2 is 2.00 bits per heavy atom. The smallest absolute Gasteiger partial charge is 0.411 e. The molecule has 1 aromatic carbocycles. The third kappa shape index (κ3) is 4.48. The number of nitrogens with two attached hydrogens (primary N) is 1. The van der Waals surface area contributed by atoms with Crippen LogP contribution in [-0.4, -0.2) is 39.6 Å². The van der Waals surface area contributed by atoms with E-state index in [1.54, 1.807) is 0 Å². The molecule has 0 bridgehead atoms. The Balaban J connectivity index is 3.35. The van der Waals surface area contributed by atoms with E-state index in [9.17, 15) is 17.8 Å². The summed E-state index contributed by atoms with van der Waals surface area (Å²) in [5, 5.41) is 2.24. The highest BCUT2D eigenvalue weighted by atomic mass is 32.2. The van der Waals surface area contributed by atoms with Crippen molar-refractivity contribution in [3.8, 4) is 5.75 Å². The zero-order valence-electron chi connectivity index (χ0n) is 11.6. The van der Waals surface area contributed by atoms with E-state index >= 15 is 0 Å². The molecule has 10 heteroatoms. The van der Waals surface area contributed by atoms with Gasteiger partial charge in [0.2, 0.25) is 0 Å². The third-order valence-electron chi connectivity index (χ3n) is 2.41. The molecule has 0 saturated heterocycles. The predicted molar refractivity (Wildman–Crippen MR) is 73.8 cm³/mol. The van der Waals surface area contributed by atoms with Gasteiger partial charge >= 0.3 is 6.09 Å². The largest absolute Gasteiger partial charge is 0.462 e. The van der Waals surface area contributed by atoms with E-state index in [4.69, 9.17) is 15.2 Å². The van der Waals surface area contributed by atoms with Crippen molar-refractivity contribution in [2.45, 2.75) is 18.1 Å². The van der Waals surface area contributed by atoms with Crippen LogP contribution in [0.15, 0.2) is 17.0 Å². The Morgan fingerprint density at radius 3 is 2.48 bits per heavy atom. The average Bonchev–Trinajstić information content (AvgIpc) is 2.39. The number of methoxy groups -OCH3 is 2. The number of nitrogen functional groups attached to an aromatic ring is 1. The topological polar surface area (TPSA) is 137 Å². The van der Waals surface area contributed by atoms with Gasteiger partial charge in [-0.3, -0.25) is 9.87 Å². The van der Waals surface area contributed by atoms with Gasteiger partial charge in [0, 0.05) is 12.8 Å². The lowest BCUT2D eigenvalue weighted by molar-refractivity contribution is -0.0395. The summed E-state index contributed by atoms with van der Waals surface area (Å²) in [5.41, 5.74) is 5.60. The summed E-state index contributed by atoms with van der Waals surface area (Å²) >= 11 is 0. The highest BCUT2D eigenvalue weighted by Gasteiger charge is 2.23. The molecule has 1 amide bonds. The van der Waals surface area contributed by atoms with Crippen LogP contribution in [0.2, 0.25) is 0 Å². The molecule has 118 valence electrons. The number of nitrogens with one attached hydrogen (secondary N) is 1. The van der Waals surface area contributed by atoms with Gasteiger partial charge in [-0.25, -0.2) is 4.79 Å². The molecule has 0 saturated carbocycles. The normalized spacial score (nSPS) is 12.6. The first kappa shape index (κ1) is 17.0. The van der Waals surface area contributed by atoms with E-state index in [0.29, 0.717) is 0 Å². The van der Waals surface area contributed by atoms with E-state index in [0.717, 1.165) is 13.2 Å². The van der Waals surface area contributed by atoms with Crippen LogP contribution in [0.4, 0.5) is 16.2 Å². The fourth-order valence-electron chi connectivity index (χ4n) is 1.40. The number of carbonyl (C=O) groups is 1. The summed E-state index contributed by atoms with van der Waals surface area (Å²) in [6.07, 6.45) is -1.62. The monoisotopic (exact) mass is 320 g/mol. The fourth-order valence-corrected chi connectivity index (χ4v) is 2.07. The Morgan fingerprint density at radius 1 is 1.38 bits per heavy atom. The first-order valence-corrected chi connectivity index (χ1v) is 7.08. The molecule has 4 N–H and O–H groups in total. The molecule has 0 aliphatic rings. The molecule has 1 aromatic rings. The van der Waals surface area contributed by atoms with Gasteiger partial charge in [-0.05, 0) is 19.1 Å². The number of benzene rings is 1. The highest BCUT2D eigenvalue weighted by Crippen LogP contribution is 2.34. The molecule has 9 nitrogen and oxygen atoms in total. The minimum atomic E-state index is -4.63. The maximum Gasteiger partial charge on any atom is 0.411 e. The maximum absolute atomic E-state index is 11.4. The van der Waals surface area contributed by atoms with Crippen molar-refractivity contribution in [1.82, 2.24) is 0 Å². The van der Waals surface area contributed by atoms with Crippen molar-refractivity contribution in [2.75, 3.05) is 25.3 Å². The lowest BCUT2D eigenvalue weighted by Crippen LogP contribution is -2.18. The van der Waals surface area contributed by atoms with E-state index < -0.39 is 27.4 Å². The van der Waals surface area contributed by atoms with Crippen LogP contribution in [0.5, 0.6) is 5.75 Å². The summed E-state index contributed by atoms with van der Waals surface area (Å²) in [7, 11) is -2.14. The average molecular weight is 320 g/mol. The van der Waals surface area contributed by atoms with Crippen molar-refractivity contribution >= 4 is 27.6 Å². The summed E-state index contributed by atoms with van der Waals surface area (Å²) < 4.78 is 46.5. The molecule has 0 aliphatic carbocycles. The molecule has 1 atom stereocenters. The number of hydrogen-bond donors (Lipinski definition) is 3. The minimum Gasteiger partial charge on any atom is -0.462 e. The van der Waals surface area contributed by atoms with E-state index in [2.05, 4.69) is 10.1 Å². The van der Waals surface area contributed by atoms with E-state index in [1.165, 1.54) is 20.1 Å². The maximum atomic E-state index is 11.4. The summed E-state index contributed by atoms with van der Waals surface area (Å²) in [4.78, 5) is 10.5.